The van der Waals surface area contributed by atoms with Crippen LogP contribution in [0.5, 0.6) is 5.75 Å². The number of alkyl halides is 3. The minimum atomic E-state index is -4.83. The second-order valence-electron chi connectivity index (χ2n) is 6.78. The van der Waals surface area contributed by atoms with E-state index in [9.17, 15) is 22.8 Å². The van der Waals surface area contributed by atoms with Crippen molar-refractivity contribution in [2.75, 3.05) is 5.75 Å². The molecule has 0 aliphatic heterocycles. The van der Waals surface area contributed by atoms with Crippen molar-refractivity contribution in [2.45, 2.75) is 38.5 Å². The van der Waals surface area contributed by atoms with E-state index >= 15 is 0 Å². The molecule has 0 spiro atoms. The number of benzene rings is 1. The zero-order valence-electron chi connectivity index (χ0n) is 17.3. The Bertz CT molecular complexity index is 1220. The van der Waals surface area contributed by atoms with Crippen molar-refractivity contribution in [3.05, 3.63) is 63.3 Å². The summed E-state index contributed by atoms with van der Waals surface area (Å²) in [6.45, 7) is 7.56. The highest BCUT2D eigenvalue weighted by molar-refractivity contribution is 7.99. The van der Waals surface area contributed by atoms with E-state index in [1.54, 1.807) is 12.1 Å². The van der Waals surface area contributed by atoms with E-state index in [0.29, 0.717) is 15.4 Å². The number of carbonyl (C=O) groups excluding carboxylic acids is 1. The quantitative estimate of drug-likeness (QED) is 0.289. The zero-order chi connectivity index (χ0) is 23.5. The predicted octanol–water partition coefficient (Wildman–Crippen LogP) is 4.57. The normalized spacial score (nSPS) is 11.5. The SMILES string of the molecule is C=CCn1c(SCC(=O)NCc2ccccc2OC(F)(F)F)nc2sc(C)c(C)c2c1=O. The van der Waals surface area contributed by atoms with Crippen molar-refractivity contribution < 1.29 is 22.7 Å². The molecule has 0 atom stereocenters. The van der Waals surface area contributed by atoms with Crippen molar-refractivity contribution in [3.8, 4) is 5.75 Å². The maximum absolute atomic E-state index is 12.9. The number of thioether (sulfide) groups is 1. The Labute approximate surface area is 190 Å². The summed E-state index contributed by atoms with van der Waals surface area (Å²) in [5.74, 6) is -0.862. The Balaban J connectivity index is 1.72. The molecule has 1 N–H and O–H groups in total. The Morgan fingerprint density at radius 3 is 2.75 bits per heavy atom. The molecule has 2 aromatic heterocycles. The van der Waals surface area contributed by atoms with Gasteiger partial charge in [0.1, 0.15) is 10.6 Å². The van der Waals surface area contributed by atoms with Crippen LogP contribution in [0, 0.1) is 13.8 Å². The number of nitrogens with zero attached hydrogens (tertiary/aromatic N) is 2. The first-order valence-corrected chi connectivity index (χ1v) is 11.3. The number of para-hydroxylation sites is 1. The molecule has 170 valence electrons. The van der Waals surface area contributed by atoms with Gasteiger partial charge in [-0.05, 0) is 25.5 Å². The summed E-state index contributed by atoms with van der Waals surface area (Å²) >= 11 is 2.49. The first kappa shape index (κ1) is 23.9. The summed E-state index contributed by atoms with van der Waals surface area (Å²) in [4.78, 5) is 31.4. The first-order valence-electron chi connectivity index (χ1n) is 9.45. The van der Waals surface area contributed by atoms with Crippen LogP contribution in [0.15, 0.2) is 46.9 Å². The van der Waals surface area contributed by atoms with Gasteiger partial charge in [-0.25, -0.2) is 4.98 Å². The van der Waals surface area contributed by atoms with Gasteiger partial charge in [0.05, 0.1) is 11.1 Å². The second-order valence-corrected chi connectivity index (χ2v) is 8.93. The van der Waals surface area contributed by atoms with Crippen LogP contribution in [-0.4, -0.2) is 27.6 Å². The minimum absolute atomic E-state index is 0.0687. The lowest BCUT2D eigenvalue weighted by molar-refractivity contribution is -0.274. The molecule has 0 bridgehead atoms. The average molecular weight is 484 g/mol. The molecule has 6 nitrogen and oxygen atoms in total. The number of ether oxygens (including phenoxy) is 1. The fraction of sp³-hybridized carbons (Fsp3) is 0.286. The fourth-order valence-corrected chi connectivity index (χ4v) is 4.87. The van der Waals surface area contributed by atoms with Crippen LogP contribution in [-0.2, 0) is 17.9 Å². The van der Waals surface area contributed by atoms with Gasteiger partial charge in [-0.1, -0.05) is 36.0 Å². The maximum Gasteiger partial charge on any atom is 0.573 e. The van der Waals surface area contributed by atoms with E-state index in [4.69, 9.17) is 0 Å². The number of halogens is 3. The summed E-state index contributed by atoms with van der Waals surface area (Å²) in [6.07, 6.45) is -3.25. The van der Waals surface area contributed by atoms with Crippen LogP contribution in [0.1, 0.15) is 16.0 Å². The van der Waals surface area contributed by atoms with Crippen LogP contribution in [0.4, 0.5) is 13.2 Å². The van der Waals surface area contributed by atoms with E-state index in [-0.39, 0.29) is 35.7 Å². The van der Waals surface area contributed by atoms with Crippen molar-refractivity contribution in [1.29, 1.82) is 0 Å². The number of fused-ring (bicyclic) bond motifs is 1. The third-order valence-corrected chi connectivity index (χ3v) is 6.65. The highest BCUT2D eigenvalue weighted by Crippen LogP contribution is 2.29. The van der Waals surface area contributed by atoms with E-state index in [0.717, 1.165) is 22.2 Å². The Morgan fingerprint density at radius 2 is 2.06 bits per heavy atom. The van der Waals surface area contributed by atoms with Crippen molar-refractivity contribution in [2.24, 2.45) is 0 Å². The maximum atomic E-state index is 12.9. The van der Waals surface area contributed by atoms with Crippen LogP contribution in [0.2, 0.25) is 0 Å². The van der Waals surface area contributed by atoms with E-state index in [1.807, 2.05) is 13.8 Å². The van der Waals surface area contributed by atoms with Gasteiger partial charge >= 0.3 is 6.36 Å². The lowest BCUT2D eigenvalue weighted by atomic mass is 10.2. The summed E-state index contributed by atoms with van der Waals surface area (Å²) in [5.41, 5.74) is 0.878. The molecule has 0 unspecified atom stereocenters. The van der Waals surface area contributed by atoms with Crippen LogP contribution >= 0.6 is 23.1 Å². The number of amides is 1. The monoisotopic (exact) mass is 483 g/mol. The van der Waals surface area contributed by atoms with Gasteiger partial charge in [-0.15, -0.1) is 31.1 Å². The average Bonchev–Trinajstić information content (AvgIpc) is 3.00. The van der Waals surface area contributed by atoms with Gasteiger partial charge < -0.3 is 10.1 Å². The number of nitrogens with one attached hydrogen (secondary N) is 1. The number of carbonyl (C=O) groups is 1. The number of thiophene rings is 1. The Kier molecular flexibility index (Phi) is 7.29. The first-order chi connectivity index (χ1) is 15.1. The number of aryl methyl sites for hydroxylation is 2. The molecular formula is C21H20F3N3O3S2. The van der Waals surface area contributed by atoms with E-state index < -0.39 is 12.3 Å². The van der Waals surface area contributed by atoms with Crippen LogP contribution in [0.3, 0.4) is 0 Å². The number of hydrogen-bond donors (Lipinski definition) is 1. The van der Waals surface area contributed by atoms with E-state index in [1.165, 1.54) is 34.1 Å². The number of hydrogen-bond acceptors (Lipinski definition) is 6. The second kappa shape index (κ2) is 9.78. The molecule has 1 amide bonds. The summed E-state index contributed by atoms with van der Waals surface area (Å²) in [6, 6.07) is 5.59. The van der Waals surface area contributed by atoms with Gasteiger partial charge in [0.15, 0.2) is 5.16 Å². The van der Waals surface area contributed by atoms with Gasteiger partial charge in [-0.3, -0.25) is 14.2 Å². The molecule has 3 aromatic rings. The topological polar surface area (TPSA) is 73.2 Å². The summed E-state index contributed by atoms with van der Waals surface area (Å²) < 4.78 is 43.1. The predicted molar refractivity (Wildman–Crippen MR) is 119 cm³/mol. The molecule has 2 heterocycles. The molecule has 0 saturated carbocycles. The lowest BCUT2D eigenvalue weighted by Crippen LogP contribution is -2.27. The molecule has 32 heavy (non-hydrogen) atoms. The number of rotatable bonds is 8. The largest absolute Gasteiger partial charge is 0.573 e. The molecule has 3 rings (SSSR count). The van der Waals surface area contributed by atoms with Gasteiger partial charge in [0, 0.05) is 23.5 Å². The van der Waals surface area contributed by atoms with Crippen LogP contribution < -0.4 is 15.6 Å². The molecule has 0 saturated heterocycles. The molecule has 1 aromatic carbocycles. The van der Waals surface area contributed by atoms with Gasteiger partial charge in [-0.2, -0.15) is 0 Å². The number of allylic oxidation sites excluding steroid dienone is 1. The molecule has 0 aliphatic rings. The van der Waals surface area contributed by atoms with Gasteiger partial charge in [0.25, 0.3) is 5.56 Å². The summed E-state index contributed by atoms with van der Waals surface area (Å²) in [5, 5.41) is 3.51. The minimum Gasteiger partial charge on any atom is -0.405 e. The Morgan fingerprint density at radius 1 is 1.34 bits per heavy atom. The smallest absolute Gasteiger partial charge is 0.405 e. The van der Waals surface area contributed by atoms with E-state index in [2.05, 4.69) is 21.6 Å². The van der Waals surface area contributed by atoms with Gasteiger partial charge in [0.2, 0.25) is 5.91 Å². The van der Waals surface area contributed by atoms with Crippen molar-refractivity contribution in [3.63, 3.8) is 0 Å². The lowest BCUT2D eigenvalue weighted by Gasteiger charge is -2.14. The molecule has 11 heteroatoms. The molecular weight excluding hydrogens is 463 g/mol. The third-order valence-electron chi connectivity index (χ3n) is 4.57. The number of aromatic nitrogens is 2. The van der Waals surface area contributed by atoms with Crippen molar-refractivity contribution >= 4 is 39.2 Å². The zero-order valence-corrected chi connectivity index (χ0v) is 18.9. The van der Waals surface area contributed by atoms with Crippen LogP contribution in [0.25, 0.3) is 10.2 Å². The highest BCUT2D eigenvalue weighted by atomic mass is 32.2. The molecule has 0 fully saturated rings. The highest BCUT2D eigenvalue weighted by Gasteiger charge is 2.32. The fourth-order valence-electron chi connectivity index (χ4n) is 2.96. The van der Waals surface area contributed by atoms with Crippen molar-refractivity contribution in [1.82, 2.24) is 14.9 Å². The standard InChI is InChI=1S/C21H20F3N3O3S2/c1-4-9-27-19(29)17-12(2)13(3)32-18(17)26-20(27)31-11-16(28)25-10-14-7-5-6-8-15(14)30-21(22,23)24/h4-8H,1,9-11H2,2-3H3,(H,25,28). The Hall–Kier alpha value is -2.79. The molecule has 0 radical (unpaired) electrons. The summed E-state index contributed by atoms with van der Waals surface area (Å²) in [7, 11) is 0. The third kappa shape index (κ3) is 5.52. The molecule has 0 aliphatic carbocycles.